The number of aromatic nitrogens is 2. The van der Waals surface area contributed by atoms with Crippen molar-refractivity contribution in [2.45, 2.75) is 31.2 Å². The molecule has 5 nitrogen and oxygen atoms in total. The van der Waals surface area contributed by atoms with Crippen LogP contribution >= 0.6 is 11.6 Å². The van der Waals surface area contributed by atoms with E-state index in [1.165, 1.54) is 0 Å². The Kier molecular flexibility index (Phi) is 2.95. The first-order valence-electron chi connectivity index (χ1n) is 6.10. The minimum Gasteiger partial charge on any atom is -0.379 e. The first-order valence-corrected chi connectivity index (χ1v) is 6.48. The highest BCUT2D eigenvalue weighted by Gasteiger charge is 2.43. The molecule has 1 aromatic heterocycles. The number of nitrogens with zero attached hydrogens (tertiary/aromatic N) is 2. The Morgan fingerprint density at radius 3 is 3.22 bits per heavy atom. The summed E-state index contributed by atoms with van der Waals surface area (Å²) in [6.45, 7) is 1.13. The van der Waals surface area contributed by atoms with Crippen molar-refractivity contribution in [3.8, 4) is 0 Å². The van der Waals surface area contributed by atoms with Crippen LogP contribution in [0.1, 0.15) is 24.8 Å². The van der Waals surface area contributed by atoms with Crippen molar-refractivity contribution in [1.29, 1.82) is 0 Å². The lowest BCUT2D eigenvalue weighted by Gasteiger charge is -2.36. The fraction of sp³-hybridized carbons (Fsp3) is 0.583. The highest BCUT2D eigenvalue weighted by atomic mass is 35.5. The predicted molar refractivity (Wildman–Crippen MR) is 66.8 cm³/mol. The number of halogens is 1. The van der Waals surface area contributed by atoms with Crippen molar-refractivity contribution in [2.75, 3.05) is 18.5 Å². The molecule has 96 valence electrons. The molecule has 3 rings (SSSR count). The second kappa shape index (κ2) is 4.48. The molecule has 1 N–H and O–H groups in total. The van der Waals surface area contributed by atoms with Gasteiger partial charge in [-0.3, -0.25) is 4.79 Å². The maximum atomic E-state index is 12.3. The van der Waals surface area contributed by atoms with E-state index >= 15 is 0 Å². The normalized spacial score (nSPS) is 27.5. The Hall–Kier alpha value is -1.20. The summed E-state index contributed by atoms with van der Waals surface area (Å²) in [7, 11) is 0. The molecule has 0 bridgehead atoms. The molecule has 1 unspecified atom stereocenters. The zero-order chi connectivity index (χ0) is 12.6. The molecule has 0 saturated carbocycles. The van der Waals surface area contributed by atoms with E-state index in [-0.39, 0.29) is 11.1 Å². The van der Waals surface area contributed by atoms with Crippen LogP contribution in [0, 0.1) is 0 Å². The van der Waals surface area contributed by atoms with Crippen molar-refractivity contribution in [3.05, 3.63) is 17.0 Å². The smallest absolute Gasteiger partial charge is 0.224 e. The van der Waals surface area contributed by atoms with Gasteiger partial charge in [-0.25, -0.2) is 9.97 Å². The standard InChI is InChI=1S/C12H14ClN3O2/c13-11-14-6-8-5-9(17)12(16-10(8)15-11)3-1-2-4-18-7-12/h6H,1-5,7H2,(H,14,15,16). The van der Waals surface area contributed by atoms with Gasteiger partial charge < -0.3 is 10.1 Å². The minimum absolute atomic E-state index is 0.155. The molecular formula is C12H14ClN3O2. The SMILES string of the molecule is O=C1Cc2cnc(Cl)nc2NC12CCCCOC2. The number of nitrogens with one attached hydrogen (secondary N) is 1. The summed E-state index contributed by atoms with van der Waals surface area (Å²) < 4.78 is 5.54. The van der Waals surface area contributed by atoms with Crippen LogP contribution in [-0.4, -0.2) is 34.5 Å². The Bertz CT molecular complexity index is 484. The van der Waals surface area contributed by atoms with E-state index in [4.69, 9.17) is 16.3 Å². The zero-order valence-corrected chi connectivity index (χ0v) is 10.7. The second-order valence-corrected chi connectivity index (χ2v) is 5.17. The third-order valence-corrected chi connectivity index (χ3v) is 3.75. The molecule has 1 saturated heterocycles. The number of rotatable bonds is 0. The number of Topliss-reactive ketones (excluding diaryl/α,β-unsaturated/α-hetero) is 1. The fourth-order valence-corrected chi connectivity index (χ4v) is 2.66. The summed E-state index contributed by atoms with van der Waals surface area (Å²) >= 11 is 5.79. The van der Waals surface area contributed by atoms with Gasteiger partial charge >= 0.3 is 0 Å². The maximum absolute atomic E-state index is 12.3. The van der Waals surface area contributed by atoms with Crippen LogP contribution < -0.4 is 5.32 Å². The Labute approximate surface area is 110 Å². The lowest BCUT2D eigenvalue weighted by atomic mass is 9.83. The molecule has 0 aliphatic carbocycles. The topological polar surface area (TPSA) is 64.1 Å². The number of hydrogen-bond acceptors (Lipinski definition) is 5. The van der Waals surface area contributed by atoms with E-state index < -0.39 is 5.54 Å². The summed E-state index contributed by atoms with van der Waals surface area (Å²) in [6.07, 6.45) is 4.72. The highest BCUT2D eigenvalue weighted by molar-refractivity contribution is 6.28. The number of ketones is 1. The molecule has 3 heterocycles. The van der Waals surface area contributed by atoms with Gasteiger partial charge in [0, 0.05) is 24.8 Å². The molecule has 1 atom stereocenters. The first kappa shape index (κ1) is 11.9. The summed E-state index contributed by atoms with van der Waals surface area (Å²) in [4.78, 5) is 20.4. The number of carbonyl (C=O) groups excluding carboxylic acids is 1. The summed E-state index contributed by atoms with van der Waals surface area (Å²) in [5, 5.41) is 3.43. The number of anilines is 1. The molecule has 2 aliphatic heterocycles. The molecule has 1 aromatic rings. The van der Waals surface area contributed by atoms with Gasteiger partial charge in [-0.1, -0.05) is 0 Å². The van der Waals surface area contributed by atoms with Gasteiger partial charge in [0.15, 0.2) is 5.78 Å². The Morgan fingerprint density at radius 2 is 2.33 bits per heavy atom. The molecule has 1 fully saturated rings. The molecule has 2 aliphatic rings. The maximum Gasteiger partial charge on any atom is 0.224 e. The van der Waals surface area contributed by atoms with Gasteiger partial charge in [0.25, 0.3) is 0 Å². The number of ether oxygens (including phenoxy) is 1. The number of carbonyl (C=O) groups is 1. The van der Waals surface area contributed by atoms with E-state index in [0.29, 0.717) is 25.5 Å². The molecule has 0 amide bonds. The van der Waals surface area contributed by atoms with Crippen LogP contribution in [-0.2, 0) is 16.0 Å². The lowest BCUT2D eigenvalue weighted by molar-refractivity contribution is -0.125. The summed E-state index contributed by atoms with van der Waals surface area (Å²) in [5.74, 6) is 0.822. The largest absolute Gasteiger partial charge is 0.379 e. The Morgan fingerprint density at radius 1 is 1.44 bits per heavy atom. The molecule has 6 heteroatoms. The van der Waals surface area contributed by atoms with Crippen LogP contribution in [0.25, 0.3) is 0 Å². The van der Waals surface area contributed by atoms with E-state index in [1.54, 1.807) is 6.20 Å². The van der Waals surface area contributed by atoms with Crippen LogP contribution in [0.4, 0.5) is 5.82 Å². The van der Waals surface area contributed by atoms with Crippen molar-refractivity contribution in [1.82, 2.24) is 9.97 Å². The fourth-order valence-electron chi connectivity index (χ4n) is 2.53. The van der Waals surface area contributed by atoms with Gasteiger partial charge in [-0.05, 0) is 30.9 Å². The first-order chi connectivity index (χ1) is 8.70. The van der Waals surface area contributed by atoms with E-state index in [1.807, 2.05) is 0 Å². The third kappa shape index (κ3) is 1.97. The predicted octanol–water partition coefficient (Wildman–Crippen LogP) is 1.61. The highest BCUT2D eigenvalue weighted by Crippen LogP contribution is 2.32. The minimum atomic E-state index is -0.624. The summed E-state index contributed by atoms with van der Waals surface area (Å²) in [6, 6.07) is 0. The zero-order valence-electron chi connectivity index (χ0n) is 9.91. The second-order valence-electron chi connectivity index (χ2n) is 4.83. The average molecular weight is 268 g/mol. The van der Waals surface area contributed by atoms with Crippen LogP contribution in [0.15, 0.2) is 6.20 Å². The van der Waals surface area contributed by atoms with Gasteiger partial charge in [0.2, 0.25) is 5.28 Å². The van der Waals surface area contributed by atoms with Crippen LogP contribution in [0.2, 0.25) is 5.28 Å². The van der Waals surface area contributed by atoms with Crippen molar-refractivity contribution < 1.29 is 9.53 Å². The third-order valence-electron chi connectivity index (χ3n) is 3.57. The molecule has 1 spiro atoms. The Balaban J connectivity index is 1.96. The van der Waals surface area contributed by atoms with Crippen molar-refractivity contribution >= 4 is 23.2 Å². The molecule has 0 aromatic carbocycles. The average Bonchev–Trinajstić information content (AvgIpc) is 2.58. The van der Waals surface area contributed by atoms with Crippen LogP contribution in [0.5, 0.6) is 0 Å². The molecule has 18 heavy (non-hydrogen) atoms. The van der Waals surface area contributed by atoms with Crippen LogP contribution in [0.3, 0.4) is 0 Å². The molecule has 0 radical (unpaired) electrons. The van der Waals surface area contributed by atoms with E-state index in [9.17, 15) is 4.79 Å². The van der Waals surface area contributed by atoms with Gasteiger partial charge in [-0.2, -0.15) is 0 Å². The van der Waals surface area contributed by atoms with Gasteiger partial charge in [0.05, 0.1) is 6.61 Å². The van der Waals surface area contributed by atoms with Gasteiger partial charge in [0.1, 0.15) is 11.4 Å². The van der Waals surface area contributed by atoms with Gasteiger partial charge in [-0.15, -0.1) is 0 Å². The number of fused-ring (bicyclic) bond motifs is 1. The van der Waals surface area contributed by atoms with Crippen molar-refractivity contribution in [2.24, 2.45) is 0 Å². The van der Waals surface area contributed by atoms with E-state index in [2.05, 4.69) is 15.3 Å². The van der Waals surface area contributed by atoms with E-state index in [0.717, 1.165) is 24.8 Å². The molecular weight excluding hydrogens is 254 g/mol. The summed E-state index contributed by atoms with van der Waals surface area (Å²) in [5.41, 5.74) is 0.181. The van der Waals surface area contributed by atoms with Crippen molar-refractivity contribution in [3.63, 3.8) is 0 Å². The number of hydrogen-bond donors (Lipinski definition) is 1. The monoisotopic (exact) mass is 267 g/mol. The lowest BCUT2D eigenvalue weighted by Crippen LogP contribution is -2.53. The quantitative estimate of drug-likeness (QED) is 0.724.